The second-order valence-corrected chi connectivity index (χ2v) is 4.75. The third kappa shape index (κ3) is 2.50. The minimum Gasteiger partial charge on any atom is -0.493 e. The Hall–Kier alpha value is -2.17. The van der Waals surface area contributed by atoms with E-state index in [9.17, 15) is 5.11 Å². The number of aromatic nitrogens is 1. The molecule has 0 saturated heterocycles. The maximum absolute atomic E-state index is 9.88. The lowest BCUT2D eigenvalue weighted by molar-refractivity contribution is -0.458. The fourth-order valence-corrected chi connectivity index (χ4v) is 2.33. The van der Waals surface area contributed by atoms with Gasteiger partial charge in [0.2, 0.25) is 5.88 Å². The van der Waals surface area contributed by atoms with Crippen molar-refractivity contribution in [3.05, 3.63) is 24.3 Å². The summed E-state index contributed by atoms with van der Waals surface area (Å²) in [5.41, 5.74) is 1.38. The van der Waals surface area contributed by atoms with Crippen LogP contribution in [0.1, 0.15) is 25.7 Å². The summed E-state index contributed by atoms with van der Waals surface area (Å²) in [5.74, 6) is 0.973. The van der Waals surface area contributed by atoms with Crippen molar-refractivity contribution in [1.29, 1.82) is 0 Å². The van der Waals surface area contributed by atoms with Crippen molar-refractivity contribution in [2.75, 3.05) is 6.54 Å². The fraction of sp³-hybridized carbons (Fsp3) is 0.357. The topological polar surface area (TPSA) is 74.7 Å². The number of hydrogen-bond acceptors (Lipinski definition) is 3. The van der Waals surface area contributed by atoms with Crippen molar-refractivity contribution >= 4 is 22.4 Å². The molecule has 1 aromatic heterocycles. The predicted molar refractivity (Wildman–Crippen MR) is 73.8 cm³/mol. The summed E-state index contributed by atoms with van der Waals surface area (Å²) in [7, 11) is 0. The average Bonchev–Trinajstić information content (AvgIpc) is 2.61. The summed E-state index contributed by atoms with van der Waals surface area (Å²) >= 11 is 0. The highest BCUT2D eigenvalue weighted by Crippen LogP contribution is 2.35. The molecule has 0 radical (unpaired) electrons. The summed E-state index contributed by atoms with van der Waals surface area (Å²) in [6.45, 7) is 0.953. The van der Waals surface area contributed by atoms with E-state index in [0.717, 1.165) is 36.1 Å². The number of hydrogen-bond donors (Lipinski definition) is 3. The van der Waals surface area contributed by atoms with Crippen LogP contribution in [0.15, 0.2) is 34.5 Å². The Morgan fingerprint density at radius 2 is 2.00 bits per heavy atom. The average molecular weight is 257 g/mol. The Morgan fingerprint density at radius 3 is 2.95 bits per heavy atom. The lowest BCUT2D eigenvalue weighted by atomic mass is 10.2. The number of aromatic hydroxyl groups is 1. The highest BCUT2D eigenvalue weighted by Gasteiger charge is 2.14. The molecular weight excluding hydrogens is 240 g/mol. The quantitative estimate of drug-likeness (QED) is 0.672. The van der Waals surface area contributed by atoms with Crippen molar-refractivity contribution in [2.45, 2.75) is 25.7 Å². The number of rotatable bonds is 1. The molecule has 0 saturated carbocycles. The van der Waals surface area contributed by atoms with E-state index in [2.05, 4.69) is 20.2 Å². The number of azo groups is 1. The van der Waals surface area contributed by atoms with Gasteiger partial charge in [0, 0.05) is 5.39 Å². The lowest BCUT2D eigenvalue weighted by Crippen LogP contribution is -2.72. The van der Waals surface area contributed by atoms with E-state index < -0.39 is 0 Å². The Labute approximate surface area is 111 Å². The van der Waals surface area contributed by atoms with Crippen LogP contribution in [0.5, 0.6) is 5.88 Å². The SMILES string of the molecule is Oc1[nH]c2ccccc2c1N=NC1=[NH+]CCCCC1. The third-order valence-electron chi connectivity index (χ3n) is 3.35. The molecule has 19 heavy (non-hydrogen) atoms. The fourth-order valence-electron chi connectivity index (χ4n) is 2.33. The van der Waals surface area contributed by atoms with Gasteiger partial charge in [0.15, 0.2) is 5.69 Å². The van der Waals surface area contributed by atoms with Crippen molar-refractivity contribution in [3.8, 4) is 5.88 Å². The maximum Gasteiger partial charge on any atom is 0.319 e. The van der Waals surface area contributed by atoms with Crippen molar-refractivity contribution < 1.29 is 10.1 Å². The molecule has 2 aromatic rings. The Morgan fingerprint density at radius 1 is 1.11 bits per heavy atom. The highest BCUT2D eigenvalue weighted by atomic mass is 16.3. The van der Waals surface area contributed by atoms with Crippen LogP contribution in [0.3, 0.4) is 0 Å². The first kappa shape index (κ1) is 11.9. The number of fused-ring (bicyclic) bond motifs is 1. The van der Waals surface area contributed by atoms with Gasteiger partial charge in [0.25, 0.3) is 0 Å². The molecule has 0 unspecified atom stereocenters. The van der Waals surface area contributed by atoms with Crippen LogP contribution >= 0.6 is 0 Å². The maximum atomic E-state index is 9.88. The first-order chi connectivity index (χ1) is 9.34. The van der Waals surface area contributed by atoms with Crippen LogP contribution < -0.4 is 4.99 Å². The van der Waals surface area contributed by atoms with E-state index in [0.29, 0.717) is 5.69 Å². The van der Waals surface area contributed by atoms with Gasteiger partial charge in [-0.05, 0) is 30.4 Å². The molecular formula is C14H17N4O+. The third-order valence-corrected chi connectivity index (χ3v) is 3.35. The molecule has 2 heterocycles. The normalized spacial score (nSPS) is 16.7. The van der Waals surface area contributed by atoms with Gasteiger partial charge in [-0.2, -0.15) is 0 Å². The zero-order valence-corrected chi connectivity index (χ0v) is 10.7. The van der Waals surface area contributed by atoms with Gasteiger partial charge in [0.1, 0.15) is 0 Å². The molecule has 3 rings (SSSR count). The van der Waals surface area contributed by atoms with Crippen molar-refractivity contribution in [3.63, 3.8) is 0 Å². The van der Waals surface area contributed by atoms with Crippen LogP contribution in [0.25, 0.3) is 10.9 Å². The molecule has 1 aliphatic heterocycles. The molecule has 98 valence electrons. The Bertz CT molecular complexity index is 642. The van der Waals surface area contributed by atoms with Crippen molar-refractivity contribution in [1.82, 2.24) is 4.98 Å². The second kappa shape index (κ2) is 5.22. The van der Waals surface area contributed by atoms with Gasteiger partial charge in [-0.25, -0.2) is 0 Å². The summed E-state index contributed by atoms with van der Waals surface area (Å²) in [5, 5.41) is 19.2. The van der Waals surface area contributed by atoms with Crippen LogP contribution in [0, 0.1) is 0 Å². The summed E-state index contributed by atoms with van der Waals surface area (Å²) in [6.07, 6.45) is 4.47. The number of H-pyrrole nitrogens is 1. The molecule has 3 N–H and O–H groups in total. The highest BCUT2D eigenvalue weighted by molar-refractivity contribution is 5.94. The van der Waals surface area contributed by atoms with E-state index in [4.69, 9.17) is 0 Å². The van der Waals surface area contributed by atoms with E-state index in [1.807, 2.05) is 24.3 Å². The van der Waals surface area contributed by atoms with Crippen LogP contribution in [-0.2, 0) is 0 Å². The Balaban J connectivity index is 1.92. The zero-order chi connectivity index (χ0) is 13.1. The number of benzene rings is 1. The van der Waals surface area contributed by atoms with Gasteiger partial charge in [-0.15, -0.1) is 0 Å². The van der Waals surface area contributed by atoms with Crippen LogP contribution in [0.4, 0.5) is 5.69 Å². The monoisotopic (exact) mass is 257 g/mol. The second-order valence-electron chi connectivity index (χ2n) is 4.75. The minimum absolute atomic E-state index is 0.0687. The van der Waals surface area contributed by atoms with Gasteiger partial charge >= 0.3 is 5.84 Å². The number of amidine groups is 1. The van der Waals surface area contributed by atoms with Crippen LogP contribution in [0.2, 0.25) is 0 Å². The molecule has 0 spiro atoms. The molecule has 0 fully saturated rings. The van der Waals surface area contributed by atoms with Crippen molar-refractivity contribution in [2.24, 2.45) is 10.2 Å². The summed E-state index contributed by atoms with van der Waals surface area (Å²) in [6, 6.07) is 7.67. The molecule has 0 bridgehead atoms. The summed E-state index contributed by atoms with van der Waals surface area (Å²) in [4.78, 5) is 6.18. The zero-order valence-electron chi connectivity index (χ0n) is 10.7. The molecule has 5 nitrogen and oxygen atoms in total. The molecule has 0 amide bonds. The predicted octanol–water partition coefficient (Wildman–Crippen LogP) is 2.01. The molecule has 1 aliphatic rings. The number of nitrogens with zero attached hydrogens (tertiary/aromatic N) is 2. The van der Waals surface area contributed by atoms with E-state index in [1.165, 1.54) is 12.8 Å². The first-order valence-electron chi connectivity index (χ1n) is 6.66. The molecule has 0 atom stereocenters. The van der Waals surface area contributed by atoms with Crippen LogP contribution in [-0.4, -0.2) is 22.5 Å². The van der Waals surface area contributed by atoms with Gasteiger partial charge in [-0.3, -0.25) is 4.99 Å². The lowest BCUT2D eigenvalue weighted by Gasteiger charge is -1.88. The molecule has 1 aromatic carbocycles. The van der Waals surface area contributed by atoms with Gasteiger partial charge in [-0.1, -0.05) is 18.2 Å². The van der Waals surface area contributed by atoms with E-state index >= 15 is 0 Å². The standard InChI is InChI=1S/C14H16N4O/c19-14-13(10-6-3-4-7-11(10)16-14)18-17-12-8-2-1-5-9-15-12/h3-4,6-7,16,19H,1-2,5,8-9H2/p+1. The summed E-state index contributed by atoms with van der Waals surface area (Å²) < 4.78 is 0. The van der Waals surface area contributed by atoms with E-state index in [-0.39, 0.29) is 5.88 Å². The number of aromatic amines is 1. The molecule has 0 aliphatic carbocycles. The Kier molecular flexibility index (Phi) is 3.27. The van der Waals surface area contributed by atoms with Gasteiger partial charge in [0.05, 0.1) is 23.6 Å². The minimum atomic E-state index is 0.0687. The largest absolute Gasteiger partial charge is 0.493 e. The van der Waals surface area contributed by atoms with E-state index in [1.54, 1.807) is 0 Å². The first-order valence-corrected chi connectivity index (χ1v) is 6.66. The molecule has 5 heteroatoms. The smallest absolute Gasteiger partial charge is 0.319 e. The van der Waals surface area contributed by atoms with Gasteiger partial charge < -0.3 is 10.1 Å². The number of para-hydroxylation sites is 1. The number of nitrogens with one attached hydrogen (secondary N) is 2.